The number of hydrogen-bond donors (Lipinski definition) is 2. The van der Waals surface area contributed by atoms with E-state index in [4.69, 9.17) is 5.11 Å². The van der Waals surface area contributed by atoms with Crippen molar-refractivity contribution in [1.82, 2.24) is 24.5 Å². The van der Waals surface area contributed by atoms with Crippen molar-refractivity contribution in [2.75, 3.05) is 5.32 Å². The third-order valence-corrected chi connectivity index (χ3v) is 3.98. The number of rotatable bonds is 7. The second kappa shape index (κ2) is 7.73. The van der Waals surface area contributed by atoms with Gasteiger partial charge in [-0.05, 0) is 24.6 Å². The van der Waals surface area contributed by atoms with Crippen LogP contribution in [0.4, 0.5) is 5.95 Å². The molecule has 3 rings (SSSR count). The summed E-state index contributed by atoms with van der Waals surface area (Å²) in [7, 11) is 1.95. The van der Waals surface area contributed by atoms with Gasteiger partial charge in [0, 0.05) is 31.8 Å². The van der Waals surface area contributed by atoms with Crippen molar-refractivity contribution >= 4 is 11.9 Å². The van der Waals surface area contributed by atoms with Crippen LogP contribution >= 0.6 is 0 Å². The van der Waals surface area contributed by atoms with Gasteiger partial charge in [-0.2, -0.15) is 0 Å². The highest BCUT2D eigenvalue weighted by atomic mass is 16.4. The van der Waals surface area contributed by atoms with E-state index in [1.807, 2.05) is 17.8 Å². The number of carboxylic acids is 1. The Bertz CT molecular complexity index is 908. The Morgan fingerprint density at radius 3 is 2.69 bits per heavy atom. The molecule has 3 aromatic rings. The summed E-state index contributed by atoms with van der Waals surface area (Å²) in [4.78, 5) is 28.5. The molecule has 1 atom stereocenters. The first-order valence-corrected chi connectivity index (χ1v) is 8.35. The molecule has 0 saturated heterocycles. The fourth-order valence-electron chi connectivity index (χ4n) is 2.70. The molecule has 0 spiro atoms. The van der Waals surface area contributed by atoms with Crippen LogP contribution in [0.15, 0.2) is 43.0 Å². The summed E-state index contributed by atoms with van der Waals surface area (Å²) in [6.07, 6.45) is 8.61. The lowest BCUT2D eigenvalue weighted by atomic mass is 10.1. The number of aryl methyl sites for hydroxylation is 1. The van der Waals surface area contributed by atoms with E-state index in [0.29, 0.717) is 17.3 Å². The molecule has 8 heteroatoms. The van der Waals surface area contributed by atoms with Gasteiger partial charge in [-0.1, -0.05) is 13.3 Å². The van der Waals surface area contributed by atoms with E-state index in [-0.39, 0.29) is 11.6 Å². The summed E-state index contributed by atoms with van der Waals surface area (Å²) in [6.45, 7) is 2.11. The fraction of sp³-hybridized carbons (Fsp3) is 0.278. The van der Waals surface area contributed by atoms with Crippen LogP contribution < -0.4 is 5.32 Å². The van der Waals surface area contributed by atoms with Crippen molar-refractivity contribution in [2.24, 2.45) is 7.05 Å². The quantitative estimate of drug-likeness (QED) is 0.673. The highest BCUT2D eigenvalue weighted by Gasteiger charge is 2.17. The largest absolute Gasteiger partial charge is 0.478 e. The van der Waals surface area contributed by atoms with Crippen molar-refractivity contribution in [3.63, 3.8) is 0 Å². The molecule has 0 aromatic carbocycles. The maximum atomic E-state index is 11.1. The van der Waals surface area contributed by atoms with Gasteiger partial charge in [-0.25, -0.2) is 19.7 Å². The molecule has 26 heavy (non-hydrogen) atoms. The zero-order chi connectivity index (χ0) is 18.5. The summed E-state index contributed by atoms with van der Waals surface area (Å²) in [6, 6.07) is 4.63. The molecule has 2 N–H and O–H groups in total. The molecule has 3 aromatic heterocycles. The second-order valence-electron chi connectivity index (χ2n) is 5.88. The second-order valence-corrected chi connectivity index (χ2v) is 5.88. The standard InChI is InChI=1S/C18H20N6O2/c1-3-4-14(16-20-9-10-24(16)2)23-18-21-8-6-13(22-18)15-11-12(17(25)26)5-7-19-15/h5-11,14H,3-4H2,1-2H3,(H,25,26)(H,21,22,23)/t14-/m0/s1. The average molecular weight is 352 g/mol. The van der Waals surface area contributed by atoms with Crippen molar-refractivity contribution in [1.29, 1.82) is 0 Å². The van der Waals surface area contributed by atoms with Crippen molar-refractivity contribution < 1.29 is 9.90 Å². The minimum atomic E-state index is -1.00. The van der Waals surface area contributed by atoms with Gasteiger partial charge in [0.05, 0.1) is 23.0 Å². The minimum absolute atomic E-state index is 0.0198. The summed E-state index contributed by atoms with van der Waals surface area (Å²) >= 11 is 0. The molecule has 0 unspecified atom stereocenters. The number of aromatic carboxylic acids is 1. The molecular weight excluding hydrogens is 332 g/mol. The van der Waals surface area contributed by atoms with Crippen LogP contribution in [0.5, 0.6) is 0 Å². The first-order valence-electron chi connectivity index (χ1n) is 8.35. The van der Waals surface area contributed by atoms with Gasteiger partial charge in [0.25, 0.3) is 0 Å². The smallest absolute Gasteiger partial charge is 0.335 e. The average Bonchev–Trinajstić information content (AvgIpc) is 3.07. The van der Waals surface area contributed by atoms with Crippen molar-refractivity contribution in [3.05, 3.63) is 54.4 Å². The van der Waals surface area contributed by atoms with E-state index in [1.54, 1.807) is 18.5 Å². The van der Waals surface area contributed by atoms with E-state index in [0.717, 1.165) is 18.7 Å². The van der Waals surface area contributed by atoms with Crippen LogP contribution in [0.1, 0.15) is 42.0 Å². The Balaban J connectivity index is 1.88. The van der Waals surface area contributed by atoms with Gasteiger partial charge in [0.15, 0.2) is 0 Å². The van der Waals surface area contributed by atoms with Gasteiger partial charge in [-0.3, -0.25) is 4.98 Å². The zero-order valence-corrected chi connectivity index (χ0v) is 14.6. The van der Waals surface area contributed by atoms with Crippen LogP contribution in [0.2, 0.25) is 0 Å². The van der Waals surface area contributed by atoms with Crippen molar-refractivity contribution in [3.8, 4) is 11.4 Å². The van der Waals surface area contributed by atoms with E-state index < -0.39 is 5.97 Å². The summed E-state index contributed by atoms with van der Waals surface area (Å²) < 4.78 is 1.97. The summed E-state index contributed by atoms with van der Waals surface area (Å²) in [5.41, 5.74) is 1.21. The molecule has 0 aliphatic carbocycles. The highest BCUT2D eigenvalue weighted by molar-refractivity contribution is 5.88. The first kappa shape index (κ1) is 17.5. The van der Waals surface area contributed by atoms with Gasteiger partial charge in [0.1, 0.15) is 5.82 Å². The van der Waals surface area contributed by atoms with Gasteiger partial charge >= 0.3 is 5.97 Å². The predicted molar refractivity (Wildman–Crippen MR) is 96.7 cm³/mol. The Kier molecular flexibility index (Phi) is 5.21. The number of hydrogen-bond acceptors (Lipinski definition) is 6. The molecule has 8 nitrogen and oxygen atoms in total. The molecular formula is C18H20N6O2. The molecule has 0 aliphatic heterocycles. The third-order valence-electron chi connectivity index (χ3n) is 3.98. The molecule has 3 heterocycles. The summed E-state index contributed by atoms with van der Waals surface area (Å²) in [5, 5.41) is 12.5. The molecule has 0 aliphatic rings. The topological polar surface area (TPSA) is 106 Å². The molecule has 0 fully saturated rings. The Morgan fingerprint density at radius 1 is 1.19 bits per heavy atom. The normalized spacial score (nSPS) is 11.9. The SMILES string of the molecule is CCC[C@H](Nc1nccc(-c2cc(C(=O)O)ccn2)n1)c1nccn1C. The Labute approximate surface area is 151 Å². The van der Waals surface area contributed by atoms with Crippen LogP contribution in [-0.2, 0) is 7.05 Å². The van der Waals surface area contributed by atoms with Crippen molar-refractivity contribution in [2.45, 2.75) is 25.8 Å². The monoisotopic (exact) mass is 352 g/mol. The lowest BCUT2D eigenvalue weighted by molar-refractivity contribution is 0.0697. The number of carbonyl (C=O) groups is 1. The number of pyridine rings is 1. The fourth-order valence-corrected chi connectivity index (χ4v) is 2.70. The maximum Gasteiger partial charge on any atom is 0.335 e. The molecule has 0 saturated carbocycles. The number of imidazole rings is 1. The first-order chi connectivity index (χ1) is 12.6. The van der Waals surface area contributed by atoms with Crippen LogP contribution in [0.25, 0.3) is 11.4 Å². The number of nitrogens with one attached hydrogen (secondary N) is 1. The van der Waals surface area contributed by atoms with E-state index in [2.05, 4.69) is 32.2 Å². The molecule has 0 bridgehead atoms. The molecule has 0 amide bonds. The predicted octanol–water partition coefficient (Wildman–Crippen LogP) is 2.92. The number of anilines is 1. The number of carboxylic acid groups (broad SMARTS) is 1. The highest BCUT2D eigenvalue weighted by Crippen LogP contribution is 2.22. The van der Waals surface area contributed by atoms with E-state index >= 15 is 0 Å². The molecule has 134 valence electrons. The molecule has 0 radical (unpaired) electrons. The number of aromatic nitrogens is 5. The van der Waals surface area contributed by atoms with E-state index in [1.165, 1.54) is 18.3 Å². The zero-order valence-electron chi connectivity index (χ0n) is 14.6. The lowest BCUT2D eigenvalue weighted by Gasteiger charge is -2.18. The van der Waals surface area contributed by atoms with Gasteiger partial charge < -0.3 is 15.0 Å². The lowest BCUT2D eigenvalue weighted by Crippen LogP contribution is -2.17. The summed E-state index contributed by atoms with van der Waals surface area (Å²) in [5.74, 6) is 0.358. The minimum Gasteiger partial charge on any atom is -0.478 e. The van der Waals surface area contributed by atoms with Gasteiger partial charge in [-0.15, -0.1) is 0 Å². The van der Waals surface area contributed by atoms with Gasteiger partial charge in [0.2, 0.25) is 5.95 Å². The van der Waals surface area contributed by atoms with Crippen LogP contribution in [-0.4, -0.2) is 35.6 Å². The van der Waals surface area contributed by atoms with Crippen LogP contribution in [0, 0.1) is 0 Å². The third kappa shape index (κ3) is 3.85. The number of nitrogens with zero attached hydrogens (tertiary/aromatic N) is 5. The maximum absolute atomic E-state index is 11.1. The van der Waals surface area contributed by atoms with Crippen LogP contribution in [0.3, 0.4) is 0 Å². The van der Waals surface area contributed by atoms with E-state index in [9.17, 15) is 4.79 Å². The Hall–Kier alpha value is -3.29. The Morgan fingerprint density at radius 2 is 2.00 bits per heavy atom.